The fourth-order valence-electron chi connectivity index (χ4n) is 3.07. The molecule has 1 N–H and O–H groups in total. The van der Waals surface area contributed by atoms with Gasteiger partial charge in [-0.15, -0.1) is 12.4 Å². The number of amides is 1. The summed E-state index contributed by atoms with van der Waals surface area (Å²) < 4.78 is 5.71. The van der Waals surface area contributed by atoms with Crippen molar-refractivity contribution in [1.29, 1.82) is 0 Å². The van der Waals surface area contributed by atoms with Gasteiger partial charge in [-0.2, -0.15) is 0 Å². The first-order chi connectivity index (χ1) is 12.9. The van der Waals surface area contributed by atoms with Crippen molar-refractivity contribution in [2.45, 2.75) is 19.9 Å². The molecule has 1 atom stereocenters. The van der Waals surface area contributed by atoms with E-state index in [4.69, 9.17) is 4.42 Å². The highest BCUT2D eigenvalue weighted by Gasteiger charge is 2.18. The maximum absolute atomic E-state index is 12.6. The Morgan fingerprint density at radius 2 is 1.71 bits per heavy atom. The molecule has 0 aliphatic heterocycles. The first-order valence-corrected chi connectivity index (χ1v) is 8.91. The molecule has 0 bridgehead atoms. The van der Waals surface area contributed by atoms with Crippen molar-refractivity contribution < 1.29 is 9.21 Å². The maximum Gasteiger partial charge on any atom is 0.287 e. The lowest BCUT2D eigenvalue weighted by atomic mass is 10.1. The van der Waals surface area contributed by atoms with Crippen molar-refractivity contribution in [3.8, 4) is 0 Å². The monoisotopic (exact) mass is 400 g/mol. The van der Waals surface area contributed by atoms with Gasteiger partial charge in [-0.05, 0) is 56.8 Å². The third-order valence-electron chi connectivity index (χ3n) is 4.83. The molecule has 1 unspecified atom stereocenters. The molecule has 1 amide bonds. The van der Waals surface area contributed by atoms with Crippen LogP contribution >= 0.6 is 12.4 Å². The highest BCUT2D eigenvalue weighted by atomic mass is 35.5. The third-order valence-corrected chi connectivity index (χ3v) is 4.83. The van der Waals surface area contributed by atoms with Gasteiger partial charge in [0.1, 0.15) is 5.58 Å². The predicted molar refractivity (Wildman–Crippen MR) is 114 cm³/mol. The zero-order valence-corrected chi connectivity index (χ0v) is 17.3. The van der Waals surface area contributed by atoms with Crippen molar-refractivity contribution in [1.82, 2.24) is 10.2 Å². The van der Waals surface area contributed by atoms with Crippen molar-refractivity contribution in [2.24, 2.45) is 0 Å². The molecule has 0 saturated carbocycles. The lowest BCUT2D eigenvalue weighted by Gasteiger charge is -2.25. The number of hydrogen-bond donors (Lipinski definition) is 1. The van der Waals surface area contributed by atoms with E-state index in [-0.39, 0.29) is 29.6 Å². The molecule has 6 heteroatoms. The van der Waals surface area contributed by atoms with Crippen molar-refractivity contribution in [3.05, 3.63) is 81.2 Å². The molecular formula is C22H25ClN2O3. The Morgan fingerprint density at radius 3 is 2.36 bits per heavy atom. The summed E-state index contributed by atoms with van der Waals surface area (Å²) in [6.07, 6.45) is 0. The van der Waals surface area contributed by atoms with Crippen molar-refractivity contribution in [2.75, 3.05) is 20.6 Å². The molecule has 1 heterocycles. The summed E-state index contributed by atoms with van der Waals surface area (Å²) in [5.41, 5.74) is 3.36. The van der Waals surface area contributed by atoms with Gasteiger partial charge in [0.15, 0.2) is 11.2 Å². The van der Waals surface area contributed by atoms with Gasteiger partial charge in [0.2, 0.25) is 0 Å². The minimum Gasteiger partial charge on any atom is -0.451 e. The minimum atomic E-state index is -0.394. The second-order valence-electron chi connectivity index (χ2n) is 7.01. The zero-order chi connectivity index (χ0) is 19.6. The van der Waals surface area contributed by atoms with Gasteiger partial charge in [-0.3, -0.25) is 9.59 Å². The van der Waals surface area contributed by atoms with E-state index < -0.39 is 5.91 Å². The summed E-state index contributed by atoms with van der Waals surface area (Å²) in [4.78, 5) is 27.0. The molecule has 28 heavy (non-hydrogen) atoms. The summed E-state index contributed by atoms with van der Waals surface area (Å²) in [5.74, 6) is -0.365. The summed E-state index contributed by atoms with van der Waals surface area (Å²) in [6.45, 7) is 4.30. The first-order valence-electron chi connectivity index (χ1n) is 8.91. The van der Waals surface area contributed by atoms with E-state index in [1.165, 1.54) is 6.07 Å². The first kappa shape index (κ1) is 21.7. The number of fused-ring (bicyclic) bond motifs is 1. The van der Waals surface area contributed by atoms with Gasteiger partial charge in [0.05, 0.1) is 11.4 Å². The Balaban J connectivity index is 0.00000280. The van der Waals surface area contributed by atoms with Crippen LogP contribution in [-0.2, 0) is 0 Å². The number of aryl methyl sites for hydroxylation is 2. The highest BCUT2D eigenvalue weighted by molar-refractivity contribution is 5.93. The number of carbonyl (C=O) groups is 1. The Bertz CT molecular complexity index is 1030. The second kappa shape index (κ2) is 9.04. The van der Waals surface area contributed by atoms with Gasteiger partial charge >= 0.3 is 0 Å². The molecule has 1 aromatic heterocycles. The number of carbonyl (C=O) groups excluding carboxylic acids is 1. The number of nitrogens with zero attached hydrogens (tertiary/aromatic N) is 1. The highest BCUT2D eigenvalue weighted by Crippen LogP contribution is 2.19. The molecule has 0 spiro atoms. The normalized spacial score (nSPS) is 11.9. The standard InChI is InChI=1S/C22H24N2O3.ClH/c1-14-10-17-19(25)12-21(27-20(17)11-15(14)2)22(26)23-13-18(24(3)4)16-8-6-5-7-9-16;/h5-12,18H,13H2,1-4H3,(H,23,26);1H. The minimum absolute atomic E-state index is 0. The topological polar surface area (TPSA) is 62.6 Å². The molecule has 0 saturated heterocycles. The second-order valence-corrected chi connectivity index (χ2v) is 7.01. The molecule has 0 aliphatic rings. The Kier molecular flexibility index (Phi) is 7.00. The van der Waals surface area contributed by atoms with Crippen LogP contribution in [0.4, 0.5) is 0 Å². The van der Waals surface area contributed by atoms with Gasteiger partial charge < -0.3 is 14.6 Å². The molecule has 3 aromatic rings. The Hall–Kier alpha value is -2.63. The van der Waals surface area contributed by atoms with Gasteiger partial charge in [-0.25, -0.2) is 0 Å². The van der Waals surface area contributed by atoms with E-state index in [2.05, 4.69) is 5.32 Å². The number of benzene rings is 2. The zero-order valence-electron chi connectivity index (χ0n) is 16.5. The van der Waals surface area contributed by atoms with E-state index in [0.29, 0.717) is 17.5 Å². The van der Waals surface area contributed by atoms with Crippen LogP contribution in [0.1, 0.15) is 33.3 Å². The fourth-order valence-corrected chi connectivity index (χ4v) is 3.07. The van der Waals surface area contributed by atoms with Crippen LogP contribution in [0.2, 0.25) is 0 Å². The lowest BCUT2D eigenvalue weighted by Crippen LogP contribution is -2.34. The summed E-state index contributed by atoms with van der Waals surface area (Å²) >= 11 is 0. The number of rotatable bonds is 5. The number of nitrogens with one attached hydrogen (secondary N) is 1. The van der Waals surface area contributed by atoms with Gasteiger partial charge in [-0.1, -0.05) is 30.3 Å². The summed E-state index contributed by atoms with van der Waals surface area (Å²) in [7, 11) is 3.93. The molecular weight excluding hydrogens is 376 g/mol. The Morgan fingerprint density at radius 1 is 1.07 bits per heavy atom. The molecule has 5 nitrogen and oxygen atoms in total. The van der Waals surface area contributed by atoms with Crippen molar-refractivity contribution in [3.63, 3.8) is 0 Å². The lowest BCUT2D eigenvalue weighted by molar-refractivity contribution is 0.0914. The molecule has 0 radical (unpaired) electrons. The summed E-state index contributed by atoms with van der Waals surface area (Å²) in [6, 6.07) is 14.8. The van der Waals surface area contributed by atoms with Crippen LogP contribution in [0.5, 0.6) is 0 Å². The number of halogens is 1. The van der Waals surface area contributed by atoms with Crippen LogP contribution in [0, 0.1) is 13.8 Å². The third kappa shape index (κ3) is 4.61. The molecule has 0 aliphatic carbocycles. The number of hydrogen-bond acceptors (Lipinski definition) is 4. The fraction of sp³-hybridized carbons (Fsp3) is 0.273. The van der Waals surface area contributed by atoms with Gasteiger partial charge in [0.25, 0.3) is 5.91 Å². The predicted octanol–water partition coefficient (Wildman–Crippen LogP) is 3.86. The molecule has 148 valence electrons. The van der Waals surface area contributed by atoms with Gasteiger partial charge in [0, 0.05) is 12.6 Å². The average Bonchev–Trinajstić information content (AvgIpc) is 2.64. The van der Waals surface area contributed by atoms with Crippen molar-refractivity contribution >= 4 is 29.3 Å². The van der Waals surface area contributed by atoms with Crippen LogP contribution in [0.25, 0.3) is 11.0 Å². The van der Waals surface area contributed by atoms with Crippen LogP contribution in [0.15, 0.2) is 57.7 Å². The molecule has 0 fully saturated rings. The Labute approximate surface area is 170 Å². The van der Waals surface area contributed by atoms with Crippen LogP contribution in [-0.4, -0.2) is 31.4 Å². The van der Waals surface area contributed by atoms with E-state index in [9.17, 15) is 9.59 Å². The summed E-state index contributed by atoms with van der Waals surface area (Å²) in [5, 5.41) is 3.37. The maximum atomic E-state index is 12.6. The van der Waals surface area contributed by atoms with Crippen LogP contribution in [0.3, 0.4) is 0 Å². The molecule has 3 rings (SSSR count). The average molecular weight is 401 g/mol. The van der Waals surface area contributed by atoms with E-state index in [1.54, 1.807) is 12.1 Å². The SMILES string of the molecule is Cc1cc2oc(C(=O)NCC(c3ccccc3)N(C)C)cc(=O)c2cc1C.Cl. The quantitative estimate of drug-likeness (QED) is 0.706. The molecule has 2 aromatic carbocycles. The number of likely N-dealkylation sites (N-methyl/N-ethyl adjacent to an activating group) is 1. The van der Waals surface area contributed by atoms with E-state index in [1.807, 2.05) is 63.2 Å². The largest absolute Gasteiger partial charge is 0.451 e. The smallest absolute Gasteiger partial charge is 0.287 e. The van der Waals surface area contributed by atoms with Crippen LogP contribution < -0.4 is 10.7 Å². The van der Waals surface area contributed by atoms with E-state index >= 15 is 0 Å². The van der Waals surface area contributed by atoms with E-state index in [0.717, 1.165) is 16.7 Å².